The van der Waals surface area contributed by atoms with Gasteiger partial charge in [-0.3, -0.25) is 9.36 Å². The Morgan fingerprint density at radius 3 is 2.48 bits per heavy atom. The van der Waals surface area contributed by atoms with Gasteiger partial charge in [0.15, 0.2) is 0 Å². The molecule has 5 heteroatoms. The Morgan fingerprint density at radius 2 is 1.83 bits per heavy atom. The van der Waals surface area contributed by atoms with Crippen LogP contribution in [0.5, 0.6) is 0 Å². The zero-order chi connectivity index (χ0) is 17.0. The smallest absolute Gasteiger partial charge is 0.262 e. The fourth-order valence-corrected chi connectivity index (χ4v) is 3.92. The van der Waals surface area contributed by atoms with E-state index in [9.17, 15) is 4.79 Å². The summed E-state index contributed by atoms with van der Waals surface area (Å²) >= 11 is 1.63. The first-order valence-corrected chi connectivity index (χ1v) is 9.41. The molecular formula is C18H29N3OS. The molecule has 0 fully saturated rings. The third-order valence-corrected chi connectivity index (χ3v) is 5.41. The second-order valence-electron chi connectivity index (χ2n) is 6.60. The number of hydrogen-bond acceptors (Lipinski definition) is 4. The monoisotopic (exact) mass is 335 g/mol. The molecule has 2 rings (SSSR count). The van der Waals surface area contributed by atoms with E-state index >= 15 is 0 Å². The molecule has 0 aromatic carbocycles. The molecule has 2 heterocycles. The van der Waals surface area contributed by atoms with Crippen LogP contribution >= 0.6 is 11.3 Å². The maximum Gasteiger partial charge on any atom is 0.262 e. The largest absolute Gasteiger partial charge is 0.302 e. The minimum atomic E-state index is 0.143. The highest BCUT2D eigenvalue weighted by Gasteiger charge is 2.16. The number of hydrogen-bond donors (Lipinski definition) is 0. The number of aromatic nitrogens is 2. The molecule has 0 saturated heterocycles. The van der Waals surface area contributed by atoms with Crippen molar-refractivity contribution >= 4 is 21.6 Å². The molecule has 0 unspecified atom stereocenters. The van der Waals surface area contributed by atoms with Crippen LogP contribution in [0.2, 0.25) is 0 Å². The van der Waals surface area contributed by atoms with Crippen LogP contribution in [0.4, 0.5) is 0 Å². The first kappa shape index (κ1) is 18.1. The molecule has 0 N–H and O–H groups in total. The number of thiophene rings is 1. The van der Waals surface area contributed by atoms with Crippen LogP contribution in [-0.2, 0) is 13.1 Å². The van der Waals surface area contributed by atoms with E-state index in [0.717, 1.165) is 34.6 Å². The average molecular weight is 336 g/mol. The summed E-state index contributed by atoms with van der Waals surface area (Å²) in [5, 5.41) is 0.823. The van der Waals surface area contributed by atoms with Gasteiger partial charge >= 0.3 is 0 Å². The molecule has 0 atom stereocenters. The van der Waals surface area contributed by atoms with Crippen molar-refractivity contribution in [1.29, 1.82) is 0 Å². The molecular weight excluding hydrogens is 306 g/mol. The van der Waals surface area contributed by atoms with Crippen LogP contribution in [-0.4, -0.2) is 28.5 Å². The minimum Gasteiger partial charge on any atom is -0.302 e. The van der Waals surface area contributed by atoms with E-state index < -0.39 is 0 Å². The van der Waals surface area contributed by atoms with Crippen LogP contribution in [0, 0.1) is 13.8 Å². The maximum absolute atomic E-state index is 13.0. The van der Waals surface area contributed by atoms with E-state index in [1.807, 2.05) is 25.6 Å². The van der Waals surface area contributed by atoms with Gasteiger partial charge in [-0.15, -0.1) is 11.3 Å². The van der Waals surface area contributed by atoms with Gasteiger partial charge < -0.3 is 4.90 Å². The molecule has 0 amide bonds. The second kappa shape index (κ2) is 8.06. The summed E-state index contributed by atoms with van der Waals surface area (Å²) in [5.41, 5.74) is 1.24. The van der Waals surface area contributed by atoms with Gasteiger partial charge in [-0.2, -0.15) is 0 Å². The summed E-state index contributed by atoms with van der Waals surface area (Å²) in [6.45, 7) is 7.81. The van der Waals surface area contributed by atoms with Gasteiger partial charge in [0.05, 0.1) is 11.9 Å². The van der Waals surface area contributed by atoms with E-state index in [1.165, 1.54) is 30.6 Å². The fourth-order valence-electron chi connectivity index (χ4n) is 2.88. The highest BCUT2D eigenvalue weighted by molar-refractivity contribution is 7.18. The fraction of sp³-hybridized carbons (Fsp3) is 0.667. The molecule has 0 bridgehead atoms. The van der Waals surface area contributed by atoms with Gasteiger partial charge in [-0.1, -0.05) is 32.6 Å². The van der Waals surface area contributed by atoms with Crippen LogP contribution in [0.25, 0.3) is 10.2 Å². The van der Waals surface area contributed by atoms with Crippen LogP contribution in [0.1, 0.15) is 55.3 Å². The summed E-state index contributed by atoms with van der Waals surface area (Å²) in [6, 6.07) is 0. The van der Waals surface area contributed by atoms with Crippen molar-refractivity contribution in [2.75, 3.05) is 14.1 Å². The van der Waals surface area contributed by atoms with Crippen molar-refractivity contribution in [2.24, 2.45) is 0 Å². The van der Waals surface area contributed by atoms with Crippen LogP contribution < -0.4 is 5.56 Å². The zero-order valence-electron chi connectivity index (χ0n) is 15.1. The average Bonchev–Trinajstić information content (AvgIpc) is 2.76. The highest BCUT2D eigenvalue weighted by Crippen LogP contribution is 2.26. The molecule has 2 aromatic rings. The Bertz CT molecular complexity index is 715. The Labute approximate surface area is 143 Å². The zero-order valence-corrected chi connectivity index (χ0v) is 15.9. The molecule has 0 aliphatic rings. The lowest BCUT2D eigenvalue weighted by Crippen LogP contribution is -2.28. The number of nitrogens with zero attached hydrogens (tertiary/aromatic N) is 3. The van der Waals surface area contributed by atoms with Crippen LogP contribution in [0.15, 0.2) is 4.79 Å². The Morgan fingerprint density at radius 1 is 1.13 bits per heavy atom. The summed E-state index contributed by atoms with van der Waals surface area (Å²) in [7, 11) is 4.04. The molecule has 0 aliphatic carbocycles. The lowest BCUT2D eigenvalue weighted by molar-refractivity contribution is 0.374. The predicted octanol–water partition coefficient (Wildman–Crippen LogP) is 4.11. The molecule has 2 aromatic heterocycles. The summed E-state index contributed by atoms with van der Waals surface area (Å²) in [5.74, 6) is 0.893. The third-order valence-electron chi connectivity index (χ3n) is 4.31. The summed E-state index contributed by atoms with van der Waals surface area (Å²) in [6.07, 6.45) is 6.00. The molecule has 0 aliphatic heterocycles. The van der Waals surface area contributed by atoms with E-state index in [1.54, 1.807) is 11.3 Å². The van der Waals surface area contributed by atoms with Crippen molar-refractivity contribution in [2.45, 2.75) is 66.0 Å². The van der Waals surface area contributed by atoms with Crippen molar-refractivity contribution in [1.82, 2.24) is 14.5 Å². The lowest BCUT2D eigenvalue weighted by atomic mass is 10.1. The minimum absolute atomic E-state index is 0.143. The maximum atomic E-state index is 13.0. The van der Waals surface area contributed by atoms with Gasteiger partial charge in [-0.25, -0.2) is 4.98 Å². The van der Waals surface area contributed by atoms with Gasteiger partial charge in [0, 0.05) is 11.4 Å². The number of fused-ring (bicyclic) bond motifs is 1. The Kier molecular flexibility index (Phi) is 6.36. The molecule has 0 saturated carbocycles. The lowest BCUT2D eigenvalue weighted by Gasteiger charge is -2.16. The topological polar surface area (TPSA) is 38.1 Å². The first-order chi connectivity index (χ1) is 11.0. The Balaban J connectivity index is 2.36. The molecule has 4 nitrogen and oxygen atoms in total. The first-order valence-electron chi connectivity index (χ1n) is 8.59. The van der Waals surface area contributed by atoms with Crippen molar-refractivity contribution in [3.05, 3.63) is 26.6 Å². The number of aryl methyl sites for hydroxylation is 2. The summed E-state index contributed by atoms with van der Waals surface area (Å²) in [4.78, 5) is 22.0. The van der Waals surface area contributed by atoms with Gasteiger partial charge in [-0.05, 0) is 39.9 Å². The normalized spacial score (nSPS) is 11.7. The number of unbranched alkanes of at least 4 members (excludes halogenated alkanes) is 4. The van der Waals surface area contributed by atoms with Crippen molar-refractivity contribution < 1.29 is 0 Å². The molecule has 23 heavy (non-hydrogen) atoms. The highest BCUT2D eigenvalue weighted by atomic mass is 32.1. The SMILES string of the molecule is CCCCCCCn1c(CN(C)C)nc2sc(C)c(C)c2c1=O. The second-order valence-corrected chi connectivity index (χ2v) is 7.80. The Hall–Kier alpha value is -1.20. The van der Waals surface area contributed by atoms with Gasteiger partial charge in [0.2, 0.25) is 0 Å². The van der Waals surface area contributed by atoms with Crippen LogP contribution in [0.3, 0.4) is 0 Å². The van der Waals surface area contributed by atoms with Gasteiger partial charge in [0.1, 0.15) is 10.7 Å². The third kappa shape index (κ3) is 4.21. The summed E-state index contributed by atoms with van der Waals surface area (Å²) < 4.78 is 1.91. The number of rotatable bonds is 8. The molecule has 0 spiro atoms. The molecule has 0 radical (unpaired) electrons. The van der Waals surface area contributed by atoms with E-state index in [-0.39, 0.29) is 5.56 Å². The van der Waals surface area contributed by atoms with Gasteiger partial charge in [0.25, 0.3) is 5.56 Å². The molecule has 128 valence electrons. The van der Waals surface area contributed by atoms with E-state index in [4.69, 9.17) is 4.98 Å². The van der Waals surface area contributed by atoms with Crippen molar-refractivity contribution in [3.8, 4) is 0 Å². The standard InChI is InChI=1S/C18H29N3OS/c1-6-7-8-9-10-11-21-15(12-20(4)5)19-17-16(18(21)22)13(2)14(3)23-17/h6-12H2,1-5H3. The predicted molar refractivity (Wildman–Crippen MR) is 99.5 cm³/mol. The quantitative estimate of drug-likeness (QED) is 0.682. The van der Waals surface area contributed by atoms with E-state index in [2.05, 4.69) is 18.7 Å². The van der Waals surface area contributed by atoms with Crippen molar-refractivity contribution in [3.63, 3.8) is 0 Å². The van der Waals surface area contributed by atoms with E-state index in [0.29, 0.717) is 6.54 Å².